The van der Waals surface area contributed by atoms with Crippen LogP contribution in [0.5, 0.6) is 5.75 Å². The Bertz CT molecular complexity index is 1240. The summed E-state index contributed by atoms with van der Waals surface area (Å²) in [5, 5.41) is 0. The molecule has 0 heterocycles. The van der Waals surface area contributed by atoms with Crippen LogP contribution in [0.2, 0.25) is 0 Å². The van der Waals surface area contributed by atoms with Gasteiger partial charge in [0.1, 0.15) is 10.6 Å². The number of ether oxygens (including phenoxy) is 1. The molecule has 1 amide bonds. The zero-order chi connectivity index (χ0) is 24.0. The van der Waals surface area contributed by atoms with Crippen molar-refractivity contribution in [3.63, 3.8) is 0 Å². The quantitative estimate of drug-likeness (QED) is 0.516. The summed E-state index contributed by atoms with van der Waals surface area (Å²) in [6.45, 7) is 0.591. The number of carbonyl (C=O) groups is 1. The summed E-state index contributed by atoms with van der Waals surface area (Å²) >= 11 is 0. The number of hydrogen-bond donors (Lipinski definition) is 1. The third-order valence-corrected chi connectivity index (χ3v) is 7.07. The Labute approximate surface area is 195 Å². The van der Waals surface area contributed by atoms with Gasteiger partial charge in [-0.25, -0.2) is 8.42 Å². The molecule has 0 saturated carbocycles. The maximum atomic E-state index is 13.4. The van der Waals surface area contributed by atoms with E-state index in [0.717, 1.165) is 29.5 Å². The number of rotatable bonds is 9. The lowest BCUT2D eigenvalue weighted by atomic mass is 10.0. The van der Waals surface area contributed by atoms with Gasteiger partial charge in [0.05, 0.1) is 12.9 Å². The molecule has 0 aliphatic carbocycles. The zero-order valence-electron chi connectivity index (χ0n) is 19.2. The van der Waals surface area contributed by atoms with Gasteiger partial charge in [0.25, 0.3) is 5.91 Å². The molecule has 3 aromatic rings. The molecule has 0 atom stereocenters. The van der Waals surface area contributed by atoms with Gasteiger partial charge in [-0.05, 0) is 65.9 Å². The molecule has 0 bridgehead atoms. The predicted molar refractivity (Wildman–Crippen MR) is 131 cm³/mol. The molecule has 0 spiro atoms. The second-order valence-electron chi connectivity index (χ2n) is 8.12. The van der Waals surface area contributed by atoms with E-state index < -0.39 is 9.84 Å². The largest absolute Gasteiger partial charge is 0.495 e. The van der Waals surface area contributed by atoms with Crippen molar-refractivity contribution in [1.82, 2.24) is 4.90 Å². The van der Waals surface area contributed by atoms with E-state index in [9.17, 15) is 13.2 Å². The first-order valence-electron chi connectivity index (χ1n) is 10.8. The smallest absolute Gasteiger partial charge is 0.253 e. The maximum Gasteiger partial charge on any atom is 0.253 e. The highest BCUT2D eigenvalue weighted by Crippen LogP contribution is 2.32. The normalized spacial score (nSPS) is 11.3. The van der Waals surface area contributed by atoms with Crippen LogP contribution in [0.4, 0.5) is 0 Å². The molecule has 3 aromatic carbocycles. The zero-order valence-corrected chi connectivity index (χ0v) is 20.1. The van der Waals surface area contributed by atoms with Crippen molar-refractivity contribution in [2.24, 2.45) is 5.73 Å². The lowest BCUT2D eigenvalue weighted by Gasteiger charge is -2.14. The van der Waals surface area contributed by atoms with Gasteiger partial charge in [-0.15, -0.1) is 0 Å². The molecule has 0 aliphatic heterocycles. The molecule has 0 unspecified atom stereocenters. The van der Waals surface area contributed by atoms with Gasteiger partial charge in [-0.1, -0.05) is 42.5 Å². The van der Waals surface area contributed by atoms with E-state index in [0.29, 0.717) is 23.4 Å². The Balaban J connectivity index is 1.97. The fourth-order valence-electron chi connectivity index (χ4n) is 3.67. The van der Waals surface area contributed by atoms with E-state index in [2.05, 4.69) is 0 Å². The van der Waals surface area contributed by atoms with E-state index in [4.69, 9.17) is 10.5 Å². The first-order chi connectivity index (χ1) is 15.7. The number of nitrogens with two attached hydrogens (primary N) is 1. The van der Waals surface area contributed by atoms with Crippen LogP contribution in [0, 0.1) is 0 Å². The number of aryl methyl sites for hydroxylation is 1. The summed E-state index contributed by atoms with van der Waals surface area (Å²) in [4.78, 5) is 14.0. The third-order valence-electron chi connectivity index (χ3n) is 5.37. The minimum absolute atomic E-state index is 0.118. The van der Waals surface area contributed by atoms with Crippen LogP contribution in [0.3, 0.4) is 0 Å². The van der Waals surface area contributed by atoms with Crippen LogP contribution >= 0.6 is 0 Å². The lowest BCUT2D eigenvalue weighted by Crippen LogP contribution is -2.21. The van der Waals surface area contributed by atoms with Crippen molar-refractivity contribution >= 4 is 15.7 Å². The van der Waals surface area contributed by atoms with E-state index in [1.165, 1.54) is 12.0 Å². The molecule has 0 aromatic heterocycles. The molecule has 0 radical (unpaired) electrons. The van der Waals surface area contributed by atoms with Crippen LogP contribution in [0.25, 0.3) is 11.1 Å². The van der Waals surface area contributed by atoms with Gasteiger partial charge in [0.2, 0.25) is 0 Å². The molecular weight excluding hydrogens is 436 g/mol. The highest BCUT2D eigenvalue weighted by Gasteiger charge is 2.22. The van der Waals surface area contributed by atoms with Gasteiger partial charge in [-0.3, -0.25) is 4.79 Å². The average Bonchev–Trinajstić information content (AvgIpc) is 2.81. The van der Waals surface area contributed by atoms with Crippen LogP contribution in [-0.4, -0.2) is 47.0 Å². The Kier molecular flexibility index (Phi) is 7.89. The summed E-state index contributed by atoms with van der Waals surface area (Å²) in [5.41, 5.74) is 9.36. The highest BCUT2D eigenvalue weighted by atomic mass is 32.2. The summed E-state index contributed by atoms with van der Waals surface area (Å²) in [5.74, 6) is 0.0360. The van der Waals surface area contributed by atoms with Crippen molar-refractivity contribution in [3.8, 4) is 16.9 Å². The van der Waals surface area contributed by atoms with Gasteiger partial charge in [-0.2, -0.15) is 0 Å². The van der Waals surface area contributed by atoms with Gasteiger partial charge in [0.15, 0.2) is 9.84 Å². The van der Waals surface area contributed by atoms with Crippen LogP contribution in [0.15, 0.2) is 71.6 Å². The summed E-state index contributed by atoms with van der Waals surface area (Å²) in [7, 11) is 1.15. The van der Waals surface area contributed by atoms with Gasteiger partial charge < -0.3 is 15.4 Å². The number of hydrogen-bond acceptors (Lipinski definition) is 5. The van der Waals surface area contributed by atoms with Crippen molar-refractivity contribution < 1.29 is 17.9 Å². The van der Waals surface area contributed by atoms with E-state index in [1.807, 2.05) is 30.3 Å². The Hall–Kier alpha value is -3.16. The Morgan fingerprint density at radius 1 is 0.939 bits per heavy atom. The molecule has 174 valence electrons. The van der Waals surface area contributed by atoms with Gasteiger partial charge in [0, 0.05) is 19.7 Å². The molecule has 0 aliphatic rings. The van der Waals surface area contributed by atoms with E-state index >= 15 is 0 Å². The topological polar surface area (TPSA) is 89.7 Å². The summed E-state index contributed by atoms with van der Waals surface area (Å²) in [6, 6.07) is 19.8. The third kappa shape index (κ3) is 6.00. The number of methoxy groups -OCH3 is 1. The van der Waals surface area contributed by atoms with Crippen molar-refractivity contribution in [2.75, 3.05) is 27.7 Å². The number of amides is 1. The van der Waals surface area contributed by atoms with Crippen LogP contribution in [0.1, 0.15) is 27.9 Å². The summed E-state index contributed by atoms with van der Waals surface area (Å²) < 4.78 is 32.2. The summed E-state index contributed by atoms with van der Waals surface area (Å²) in [6.07, 6.45) is 1.66. The Morgan fingerprint density at radius 2 is 1.64 bits per heavy atom. The minimum atomic E-state index is -3.69. The van der Waals surface area contributed by atoms with E-state index in [1.54, 1.807) is 50.5 Å². The number of nitrogens with zero attached hydrogens (tertiary/aromatic N) is 1. The Morgan fingerprint density at radius 3 is 2.33 bits per heavy atom. The maximum absolute atomic E-state index is 13.4. The standard InChI is InChI=1S/C26H30N2O4S/c1-28(2)26(29)23-11-5-10-21(16-23)22-12-13-24(32-3)25(17-22)33(30,31)18-20-8-4-7-19(15-20)9-6-14-27/h4-5,7-8,10-13,15-17H,6,9,14,18,27H2,1-3H3. The van der Waals surface area contributed by atoms with E-state index in [-0.39, 0.29) is 16.6 Å². The molecule has 3 rings (SSSR count). The molecule has 0 fully saturated rings. The van der Waals surface area contributed by atoms with Crippen LogP contribution < -0.4 is 10.5 Å². The second-order valence-corrected chi connectivity index (χ2v) is 10.1. The lowest BCUT2D eigenvalue weighted by molar-refractivity contribution is 0.0827. The number of benzene rings is 3. The first kappa shape index (κ1) is 24.5. The fourth-order valence-corrected chi connectivity index (χ4v) is 5.21. The highest BCUT2D eigenvalue weighted by molar-refractivity contribution is 7.90. The predicted octanol–water partition coefficient (Wildman–Crippen LogP) is 3.93. The van der Waals surface area contributed by atoms with Crippen molar-refractivity contribution in [2.45, 2.75) is 23.5 Å². The molecule has 2 N–H and O–H groups in total. The fraction of sp³-hybridized carbons (Fsp3) is 0.269. The molecular formula is C26H30N2O4S. The average molecular weight is 467 g/mol. The molecule has 0 saturated heterocycles. The van der Waals surface area contributed by atoms with Crippen molar-refractivity contribution in [1.29, 1.82) is 0 Å². The number of carbonyl (C=O) groups excluding carboxylic acids is 1. The monoisotopic (exact) mass is 466 g/mol. The molecule has 33 heavy (non-hydrogen) atoms. The van der Waals surface area contributed by atoms with Gasteiger partial charge >= 0.3 is 0 Å². The van der Waals surface area contributed by atoms with Crippen molar-refractivity contribution in [3.05, 3.63) is 83.4 Å². The molecule has 7 heteroatoms. The first-order valence-corrected chi connectivity index (χ1v) is 12.4. The SMILES string of the molecule is COc1ccc(-c2cccc(C(=O)N(C)C)c2)cc1S(=O)(=O)Cc1cccc(CCCN)c1. The van der Waals surface area contributed by atoms with Crippen LogP contribution in [-0.2, 0) is 22.0 Å². The molecule has 6 nitrogen and oxygen atoms in total. The minimum Gasteiger partial charge on any atom is -0.495 e. The number of sulfone groups is 1. The second kappa shape index (κ2) is 10.6.